The molecular formula is C16H13ClF3NOS. The van der Waals surface area contributed by atoms with Gasteiger partial charge in [0, 0.05) is 10.8 Å². The van der Waals surface area contributed by atoms with E-state index in [1.807, 2.05) is 6.07 Å². The number of anilines is 1. The highest BCUT2D eigenvalue weighted by Gasteiger charge is 2.33. The topological polar surface area (TPSA) is 29.1 Å². The predicted molar refractivity (Wildman–Crippen MR) is 87.7 cm³/mol. The van der Waals surface area contributed by atoms with Crippen LogP contribution in [0.3, 0.4) is 0 Å². The van der Waals surface area contributed by atoms with Gasteiger partial charge >= 0.3 is 6.18 Å². The molecule has 0 radical (unpaired) electrons. The fraction of sp³-hybridized carbons (Fsp3) is 0.188. The van der Waals surface area contributed by atoms with E-state index in [2.05, 4.69) is 5.32 Å². The summed E-state index contributed by atoms with van der Waals surface area (Å²) in [6.45, 7) is 0. The van der Waals surface area contributed by atoms with Crippen LogP contribution in [0.4, 0.5) is 18.9 Å². The van der Waals surface area contributed by atoms with Gasteiger partial charge in [-0.1, -0.05) is 35.9 Å². The van der Waals surface area contributed by atoms with Crippen molar-refractivity contribution in [2.24, 2.45) is 0 Å². The van der Waals surface area contributed by atoms with Crippen molar-refractivity contribution in [1.29, 1.82) is 0 Å². The molecule has 0 spiro atoms. The fourth-order valence-corrected chi connectivity index (χ4v) is 2.90. The first-order valence-corrected chi connectivity index (χ1v) is 8.18. The van der Waals surface area contributed by atoms with Gasteiger partial charge in [0.25, 0.3) is 0 Å². The molecule has 0 aromatic heterocycles. The molecule has 0 atom stereocenters. The summed E-state index contributed by atoms with van der Waals surface area (Å²) in [5, 5.41) is 2.91. The second-order valence-electron chi connectivity index (χ2n) is 4.71. The van der Waals surface area contributed by atoms with Gasteiger partial charge in [0.2, 0.25) is 5.91 Å². The van der Waals surface area contributed by atoms with Crippen molar-refractivity contribution in [2.45, 2.75) is 11.9 Å². The number of nitrogens with one attached hydrogen (secondary N) is 1. The molecule has 1 amide bonds. The van der Waals surface area contributed by atoms with Crippen molar-refractivity contribution in [3.05, 3.63) is 64.7 Å². The molecule has 0 bridgehead atoms. The van der Waals surface area contributed by atoms with Crippen molar-refractivity contribution in [3.63, 3.8) is 0 Å². The van der Waals surface area contributed by atoms with Crippen molar-refractivity contribution in [3.8, 4) is 0 Å². The van der Waals surface area contributed by atoms with Crippen LogP contribution in [0.15, 0.2) is 48.5 Å². The van der Waals surface area contributed by atoms with Gasteiger partial charge < -0.3 is 5.32 Å². The molecule has 0 saturated heterocycles. The van der Waals surface area contributed by atoms with Crippen molar-refractivity contribution >= 4 is 35.0 Å². The second kappa shape index (κ2) is 7.75. The summed E-state index contributed by atoms with van der Waals surface area (Å²) in [7, 11) is 0. The number of carbonyl (C=O) groups excluding carboxylic acids is 1. The Kier molecular flexibility index (Phi) is 5.96. The molecule has 0 unspecified atom stereocenters. The van der Waals surface area contributed by atoms with E-state index >= 15 is 0 Å². The molecular weight excluding hydrogens is 347 g/mol. The summed E-state index contributed by atoms with van der Waals surface area (Å²) in [6, 6.07) is 12.1. The van der Waals surface area contributed by atoms with E-state index in [-0.39, 0.29) is 11.4 Å². The van der Waals surface area contributed by atoms with E-state index in [0.29, 0.717) is 10.8 Å². The maximum Gasteiger partial charge on any atom is 0.418 e. The molecule has 2 aromatic carbocycles. The van der Waals surface area contributed by atoms with Crippen LogP contribution in [0.1, 0.15) is 11.1 Å². The van der Waals surface area contributed by atoms with Crippen molar-refractivity contribution in [1.82, 2.24) is 0 Å². The van der Waals surface area contributed by atoms with E-state index in [9.17, 15) is 18.0 Å². The molecule has 7 heteroatoms. The third-order valence-electron chi connectivity index (χ3n) is 2.90. The zero-order valence-corrected chi connectivity index (χ0v) is 13.4. The third kappa shape index (κ3) is 5.48. The van der Waals surface area contributed by atoms with Gasteiger partial charge in [-0.05, 0) is 29.8 Å². The minimum absolute atomic E-state index is 0.0543. The minimum Gasteiger partial charge on any atom is -0.325 e. The Labute approximate surface area is 141 Å². The molecule has 0 aliphatic carbocycles. The molecule has 1 N–H and O–H groups in total. The molecule has 2 rings (SSSR count). The van der Waals surface area contributed by atoms with Crippen LogP contribution in [0.5, 0.6) is 0 Å². The number of alkyl halides is 3. The van der Waals surface area contributed by atoms with Crippen LogP contribution in [0.25, 0.3) is 0 Å². The maximum atomic E-state index is 12.8. The molecule has 0 fully saturated rings. The van der Waals surface area contributed by atoms with Gasteiger partial charge in [0.15, 0.2) is 0 Å². The average molecular weight is 360 g/mol. The minimum atomic E-state index is -4.50. The summed E-state index contributed by atoms with van der Waals surface area (Å²) < 4.78 is 38.5. The van der Waals surface area contributed by atoms with Gasteiger partial charge in [-0.15, -0.1) is 11.8 Å². The summed E-state index contributed by atoms with van der Waals surface area (Å²) in [4.78, 5) is 11.8. The van der Waals surface area contributed by atoms with Crippen LogP contribution in [0, 0.1) is 0 Å². The Morgan fingerprint density at radius 2 is 1.87 bits per heavy atom. The first kappa shape index (κ1) is 17.7. The summed E-state index contributed by atoms with van der Waals surface area (Å²) in [5.74, 6) is 0.127. The van der Waals surface area contributed by atoms with E-state index in [1.54, 1.807) is 18.2 Å². The lowest BCUT2D eigenvalue weighted by atomic mass is 10.1. The number of thioether (sulfide) groups is 1. The van der Waals surface area contributed by atoms with Gasteiger partial charge in [-0.2, -0.15) is 13.2 Å². The molecule has 0 heterocycles. The van der Waals surface area contributed by atoms with Gasteiger partial charge in [-0.25, -0.2) is 0 Å². The van der Waals surface area contributed by atoms with Crippen LogP contribution in [-0.2, 0) is 16.7 Å². The predicted octanol–water partition coefficient (Wildman–Crippen LogP) is 5.23. The normalized spacial score (nSPS) is 11.3. The van der Waals surface area contributed by atoms with Crippen molar-refractivity contribution in [2.75, 3.05) is 11.1 Å². The van der Waals surface area contributed by atoms with E-state index in [0.717, 1.165) is 11.6 Å². The van der Waals surface area contributed by atoms with E-state index in [1.165, 1.54) is 30.0 Å². The quantitative estimate of drug-likeness (QED) is 0.791. The smallest absolute Gasteiger partial charge is 0.325 e. The Balaban J connectivity index is 1.91. The lowest BCUT2D eigenvalue weighted by Crippen LogP contribution is -2.18. The van der Waals surface area contributed by atoms with Crippen LogP contribution in [-0.4, -0.2) is 11.7 Å². The highest BCUT2D eigenvalue weighted by Crippen LogP contribution is 2.34. The zero-order chi connectivity index (χ0) is 16.9. The van der Waals surface area contributed by atoms with E-state index in [4.69, 9.17) is 11.6 Å². The molecule has 0 saturated carbocycles. The molecule has 2 nitrogen and oxygen atoms in total. The second-order valence-corrected chi connectivity index (χ2v) is 6.14. The Morgan fingerprint density at radius 3 is 2.57 bits per heavy atom. The van der Waals surface area contributed by atoms with E-state index < -0.39 is 17.6 Å². The fourth-order valence-electron chi connectivity index (χ4n) is 1.91. The Hall–Kier alpha value is -1.66. The van der Waals surface area contributed by atoms with Gasteiger partial charge in [0.1, 0.15) is 0 Å². The molecule has 0 aliphatic rings. The maximum absolute atomic E-state index is 12.8. The summed E-state index contributed by atoms with van der Waals surface area (Å²) in [6.07, 6.45) is -4.50. The summed E-state index contributed by atoms with van der Waals surface area (Å²) >= 11 is 7.16. The van der Waals surface area contributed by atoms with Gasteiger partial charge in [-0.3, -0.25) is 4.79 Å². The number of hydrogen-bond acceptors (Lipinski definition) is 2. The zero-order valence-electron chi connectivity index (χ0n) is 11.9. The van der Waals surface area contributed by atoms with Crippen molar-refractivity contribution < 1.29 is 18.0 Å². The average Bonchev–Trinajstić information content (AvgIpc) is 2.47. The van der Waals surface area contributed by atoms with Crippen LogP contribution < -0.4 is 5.32 Å². The molecule has 0 aliphatic heterocycles. The summed E-state index contributed by atoms with van der Waals surface area (Å²) in [5.41, 5.74) is -0.132. The first-order valence-electron chi connectivity index (χ1n) is 6.64. The number of carbonyl (C=O) groups is 1. The standard InChI is InChI=1S/C16H13ClF3NOS/c17-12-5-3-4-11(8-12)9-23-10-15(22)21-14-7-2-1-6-13(14)16(18,19)20/h1-8H,9-10H2,(H,21,22). The molecule has 2 aromatic rings. The molecule has 122 valence electrons. The van der Waals surface area contributed by atoms with Crippen LogP contribution >= 0.6 is 23.4 Å². The number of benzene rings is 2. The number of rotatable bonds is 5. The number of para-hydroxylation sites is 1. The van der Waals surface area contributed by atoms with Gasteiger partial charge in [0.05, 0.1) is 17.0 Å². The largest absolute Gasteiger partial charge is 0.418 e. The highest BCUT2D eigenvalue weighted by molar-refractivity contribution is 7.99. The Morgan fingerprint density at radius 1 is 1.13 bits per heavy atom. The first-order chi connectivity index (χ1) is 10.9. The Bertz CT molecular complexity index is 691. The monoisotopic (exact) mass is 359 g/mol. The number of hydrogen-bond donors (Lipinski definition) is 1. The third-order valence-corrected chi connectivity index (χ3v) is 4.14. The lowest BCUT2D eigenvalue weighted by molar-refractivity contribution is -0.137. The van der Waals surface area contributed by atoms with Crippen LogP contribution in [0.2, 0.25) is 5.02 Å². The lowest BCUT2D eigenvalue weighted by Gasteiger charge is -2.13. The number of amides is 1. The SMILES string of the molecule is O=C(CSCc1cccc(Cl)c1)Nc1ccccc1C(F)(F)F. The number of halogens is 4. The molecule has 23 heavy (non-hydrogen) atoms. The highest BCUT2D eigenvalue weighted by atomic mass is 35.5.